The standard InChI is InChI=1S/C17H16BrN5/c18-13-8-6-11(7-9-13)14-10-15(12-4-2-1-3-5-12)23-17(20-14)21-16(19)22-23/h1-9,14-15H,10H2,(H3,19,20,21,22)/t14-,15+/m0/s1. The molecular formula is C17H16BrN5. The highest BCUT2D eigenvalue weighted by molar-refractivity contribution is 9.10. The van der Waals surface area contributed by atoms with Crippen molar-refractivity contribution >= 4 is 27.8 Å². The summed E-state index contributed by atoms with van der Waals surface area (Å²) < 4.78 is 2.96. The number of anilines is 2. The highest BCUT2D eigenvalue weighted by atomic mass is 79.9. The third kappa shape index (κ3) is 2.70. The Morgan fingerprint density at radius 2 is 1.78 bits per heavy atom. The lowest BCUT2D eigenvalue weighted by atomic mass is 9.93. The van der Waals surface area contributed by atoms with Crippen LogP contribution in [0.15, 0.2) is 59.1 Å². The minimum absolute atomic E-state index is 0.117. The van der Waals surface area contributed by atoms with Gasteiger partial charge >= 0.3 is 0 Å². The lowest BCUT2D eigenvalue weighted by Gasteiger charge is -2.31. The van der Waals surface area contributed by atoms with E-state index in [1.807, 2.05) is 22.9 Å². The number of nitrogens with one attached hydrogen (secondary N) is 1. The van der Waals surface area contributed by atoms with Crippen LogP contribution in [0, 0.1) is 0 Å². The van der Waals surface area contributed by atoms with Gasteiger partial charge in [0.1, 0.15) is 0 Å². The molecule has 0 unspecified atom stereocenters. The minimum atomic E-state index is 0.117. The van der Waals surface area contributed by atoms with Crippen molar-refractivity contribution in [2.24, 2.45) is 0 Å². The molecule has 2 aromatic carbocycles. The van der Waals surface area contributed by atoms with E-state index in [9.17, 15) is 0 Å². The molecule has 0 saturated carbocycles. The maximum Gasteiger partial charge on any atom is 0.241 e. The Balaban J connectivity index is 1.75. The summed E-state index contributed by atoms with van der Waals surface area (Å²) in [6.45, 7) is 0. The number of nitrogen functional groups attached to an aromatic ring is 1. The van der Waals surface area contributed by atoms with Crippen molar-refractivity contribution in [3.8, 4) is 0 Å². The lowest BCUT2D eigenvalue weighted by Crippen LogP contribution is -2.28. The number of aromatic nitrogens is 3. The van der Waals surface area contributed by atoms with Crippen LogP contribution in [0.5, 0.6) is 0 Å². The van der Waals surface area contributed by atoms with Gasteiger partial charge < -0.3 is 11.1 Å². The normalized spacial score (nSPS) is 19.9. The number of hydrogen-bond donors (Lipinski definition) is 2. The number of benzene rings is 2. The average molecular weight is 370 g/mol. The van der Waals surface area contributed by atoms with Gasteiger partial charge in [0.2, 0.25) is 11.9 Å². The number of hydrogen-bond acceptors (Lipinski definition) is 4. The Morgan fingerprint density at radius 1 is 1.04 bits per heavy atom. The molecule has 3 N–H and O–H groups in total. The molecule has 0 spiro atoms. The number of rotatable bonds is 2. The molecule has 2 heterocycles. The van der Waals surface area contributed by atoms with E-state index < -0.39 is 0 Å². The molecule has 0 bridgehead atoms. The van der Waals surface area contributed by atoms with Gasteiger partial charge in [-0.1, -0.05) is 58.4 Å². The Kier molecular flexibility index (Phi) is 3.53. The van der Waals surface area contributed by atoms with E-state index >= 15 is 0 Å². The van der Waals surface area contributed by atoms with Crippen LogP contribution in [-0.4, -0.2) is 14.8 Å². The van der Waals surface area contributed by atoms with Crippen molar-refractivity contribution < 1.29 is 0 Å². The van der Waals surface area contributed by atoms with Crippen molar-refractivity contribution in [3.63, 3.8) is 0 Å². The van der Waals surface area contributed by atoms with Gasteiger partial charge in [-0.2, -0.15) is 4.98 Å². The van der Waals surface area contributed by atoms with E-state index in [1.165, 1.54) is 11.1 Å². The van der Waals surface area contributed by atoms with Crippen LogP contribution >= 0.6 is 15.9 Å². The molecule has 116 valence electrons. The van der Waals surface area contributed by atoms with Crippen LogP contribution in [0.25, 0.3) is 0 Å². The summed E-state index contributed by atoms with van der Waals surface area (Å²) in [5.41, 5.74) is 8.25. The first-order chi connectivity index (χ1) is 11.2. The number of halogens is 1. The minimum Gasteiger partial charge on any atom is -0.366 e. The molecule has 6 heteroatoms. The second-order valence-electron chi connectivity index (χ2n) is 5.65. The third-order valence-corrected chi connectivity index (χ3v) is 4.69. The fourth-order valence-electron chi connectivity index (χ4n) is 3.06. The first-order valence-corrected chi connectivity index (χ1v) is 8.29. The Bertz CT molecular complexity index is 813. The zero-order chi connectivity index (χ0) is 15.8. The second kappa shape index (κ2) is 5.70. The Morgan fingerprint density at radius 3 is 2.52 bits per heavy atom. The van der Waals surface area contributed by atoms with E-state index in [2.05, 4.69) is 67.7 Å². The zero-order valence-electron chi connectivity index (χ0n) is 12.4. The summed E-state index contributed by atoms with van der Waals surface area (Å²) in [6.07, 6.45) is 0.890. The molecule has 1 aliphatic heterocycles. The first-order valence-electron chi connectivity index (χ1n) is 7.49. The monoisotopic (exact) mass is 369 g/mol. The van der Waals surface area contributed by atoms with Gasteiger partial charge in [-0.25, -0.2) is 4.68 Å². The third-order valence-electron chi connectivity index (χ3n) is 4.16. The number of nitrogens with two attached hydrogens (primary N) is 1. The largest absolute Gasteiger partial charge is 0.366 e. The first kappa shape index (κ1) is 14.3. The molecular weight excluding hydrogens is 354 g/mol. The van der Waals surface area contributed by atoms with Crippen LogP contribution in [0.2, 0.25) is 0 Å². The number of fused-ring (bicyclic) bond motifs is 1. The molecule has 1 aromatic heterocycles. The molecule has 1 aliphatic rings. The molecule has 2 atom stereocenters. The lowest BCUT2D eigenvalue weighted by molar-refractivity contribution is 0.431. The van der Waals surface area contributed by atoms with Crippen molar-refractivity contribution in [1.82, 2.24) is 14.8 Å². The SMILES string of the molecule is Nc1nc2n(n1)[C@@H](c1ccccc1)C[C@@H](c1ccc(Br)cc1)N2. The van der Waals surface area contributed by atoms with Crippen LogP contribution < -0.4 is 11.1 Å². The van der Waals surface area contributed by atoms with Crippen molar-refractivity contribution in [3.05, 3.63) is 70.2 Å². The van der Waals surface area contributed by atoms with Gasteiger partial charge in [-0.3, -0.25) is 0 Å². The molecule has 0 amide bonds. The van der Waals surface area contributed by atoms with Gasteiger partial charge in [-0.15, -0.1) is 5.10 Å². The average Bonchev–Trinajstić information content (AvgIpc) is 2.95. The Hall–Kier alpha value is -2.34. The quantitative estimate of drug-likeness (QED) is 0.721. The van der Waals surface area contributed by atoms with Gasteiger partial charge in [0.05, 0.1) is 12.1 Å². The zero-order valence-corrected chi connectivity index (χ0v) is 13.9. The highest BCUT2D eigenvalue weighted by Gasteiger charge is 2.30. The van der Waals surface area contributed by atoms with Crippen LogP contribution in [0.4, 0.5) is 11.9 Å². The van der Waals surface area contributed by atoms with Gasteiger partial charge in [0.25, 0.3) is 0 Å². The van der Waals surface area contributed by atoms with Crippen LogP contribution in [-0.2, 0) is 0 Å². The topological polar surface area (TPSA) is 68.8 Å². The smallest absolute Gasteiger partial charge is 0.241 e. The molecule has 4 rings (SSSR count). The molecule has 23 heavy (non-hydrogen) atoms. The van der Waals surface area contributed by atoms with E-state index in [0.29, 0.717) is 5.95 Å². The second-order valence-corrected chi connectivity index (χ2v) is 6.56. The Labute approximate surface area is 142 Å². The van der Waals surface area contributed by atoms with Gasteiger partial charge in [0, 0.05) is 4.47 Å². The van der Waals surface area contributed by atoms with Gasteiger partial charge in [-0.05, 0) is 29.7 Å². The summed E-state index contributed by atoms with van der Waals surface area (Å²) in [5.74, 6) is 1.01. The molecule has 3 aromatic rings. The van der Waals surface area contributed by atoms with E-state index in [0.717, 1.165) is 16.8 Å². The van der Waals surface area contributed by atoms with Crippen molar-refractivity contribution in [2.45, 2.75) is 18.5 Å². The maximum atomic E-state index is 5.81. The predicted octanol–water partition coefficient (Wildman–Crippen LogP) is 3.77. The summed E-state index contributed by atoms with van der Waals surface area (Å²) in [6, 6.07) is 19.0. The molecule has 0 aliphatic carbocycles. The predicted molar refractivity (Wildman–Crippen MR) is 94.1 cm³/mol. The van der Waals surface area contributed by atoms with Crippen molar-refractivity contribution in [2.75, 3.05) is 11.1 Å². The highest BCUT2D eigenvalue weighted by Crippen LogP contribution is 2.38. The summed E-state index contributed by atoms with van der Waals surface area (Å²) >= 11 is 3.48. The van der Waals surface area contributed by atoms with Crippen LogP contribution in [0.3, 0.4) is 0 Å². The number of nitrogens with zero attached hydrogens (tertiary/aromatic N) is 3. The molecule has 5 nitrogen and oxygen atoms in total. The maximum absolute atomic E-state index is 5.81. The molecule has 0 fully saturated rings. The van der Waals surface area contributed by atoms with Crippen LogP contribution in [0.1, 0.15) is 29.6 Å². The van der Waals surface area contributed by atoms with Crippen molar-refractivity contribution in [1.29, 1.82) is 0 Å². The summed E-state index contributed by atoms with van der Waals surface area (Å²) in [7, 11) is 0. The fourth-order valence-corrected chi connectivity index (χ4v) is 3.32. The molecule has 0 radical (unpaired) electrons. The van der Waals surface area contributed by atoms with E-state index in [4.69, 9.17) is 5.73 Å². The van der Waals surface area contributed by atoms with Gasteiger partial charge in [0.15, 0.2) is 0 Å². The summed E-state index contributed by atoms with van der Waals surface area (Å²) in [5, 5.41) is 7.81. The fraction of sp³-hybridized carbons (Fsp3) is 0.176. The van der Waals surface area contributed by atoms with E-state index in [1.54, 1.807) is 0 Å². The summed E-state index contributed by atoms with van der Waals surface area (Å²) in [4.78, 5) is 4.33. The van der Waals surface area contributed by atoms with E-state index in [-0.39, 0.29) is 12.1 Å². The molecule has 0 saturated heterocycles.